The standard InChI is InChI=1S/C12H15NO4S/c1-4-6-9-11(18(14,15)16)8-7-10(17-5-2)12(9)13-3/h4,6-8H,3,5H2,1-2H3,(H,14,15,16)/b6-4-. The Labute approximate surface area is 107 Å². The highest BCUT2D eigenvalue weighted by atomic mass is 32.2. The molecule has 1 aromatic rings. The van der Waals surface area contributed by atoms with Gasteiger partial charge in [0.2, 0.25) is 0 Å². The normalized spacial score (nSPS) is 11.7. The summed E-state index contributed by atoms with van der Waals surface area (Å²) in [4.78, 5) is 3.56. The lowest BCUT2D eigenvalue weighted by molar-refractivity contribution is 0.341. The maximum atomic E-state index is 11.3. The first-order valence-corrected chi connectivity index (χ1v) is 6.76. The van der Waals surface area contributed by atoms with Gasteiger partial charge >= 0.3 is 0 Å². The van der Waals surface area contributed by atoms with E-state index < -0.39 is 10.1 Å². The van der Waals surface area contributed by atoms with Gasteiger partial charge in [-0.1, -0.05) is 12.2 Å². The lowest BCUT2D eigenvalue weighted by Crippen LogP contribution is -2.02. The third kappa shape index (κ3) is 2.96. The van der Waals surface area contributed by atoms with Gasteiger partial charge in [-0.25, -0.2) is 0 Å². The quantitative estimate of drug-likeness (QED) is 0.658. The second kappa shape index (κ2) is 5.79. The fourth-order valence-electron chi connectivity index (χ4n) is 1.56. The topological polar surface area (TPSA) is 76.0 Å². The Kier molecular flexibility index (Phi) is 4.63. The molecule has 1 rings (SSSR count). The number of allylic oxidation sites excluding steroid dienone is 1. The lowest BCUT2D eigenvalue weighted by Gasteiger charge is -2.12. The SMILES string of the molecule is C=Nc1c(OCC)ccc(S(=O)(=O)O)c1/C=C\C. The van der Waals surface area contributed by atoms with Gasteiger partial charge in [-0.05, 0) is 32.7 Å². The van der Waals surface area contributed by atoms with Gasteiger partial charge < -0.3 is 4.74 Å². The molecule has 1 N–H and O–H groups in total. The van der Waals surface area contributed by atoms with E-state index in [1.54, 1.807) is 19.9 Å². The average Bonchev–Trinajstić information content (AvgIpc) is 2.28. The molecule has 0 fully saturated rings. The molecule has 0 saturated heterocycles. The molecule has 6 heteroatoms. The van der Waals surface area contributed by atoms with Gasteiger partial charge in [0.25, 0.3) is 10.1 Å². The second-order valence-electron chi connectivity index (χ2n) is 3.39. The van der Waals surface area contributed by atoms with Crippen molar-refractivity contribution in [3.63, 3.8) is 0 Å². The molecule has 0 saturated carbocycles. The second-order valence-corrected chi connectivity index (χ2v) is 4.78. The number of rotatable bonds is 5. The molecule has 1 aromatic carbocycles. The zero-order valence-electron chi connectivity index (χ0n) is 10.3. The van der Waals surface area contributed by atoms with E-state index in [0.717, 1.165) is 0 Å². The summed E-state index contributed by atoms with van der Waals surface area (Å²) in [7, 11) is -4.31. The zero-order chi connectivity index (χ0) is 13.8. The van der Waals surface area contributed by atoms with Crippen molar-refractivity contribution in [1.82, 2.24) is 0 Å². The molecule has 0 aromatic heterocycles. The molecule has 18 heavy (non-hydrogen) atoms. The Morgan fingerprint density at radius 2 is 2.17 bits per heavy atom. The maximum absolute atomic E-state index is 11.3. The van der Waals surface area contributed by atoms with Crippen molar-refractivity contribution in [2.75, 3.05) is 6.61 Å². The van der Waals surface area contributed by atoms with Gasteiger partial charge in [-0.15, -0.1) is 0 Å². The maximum Gasteiger partial charge on any atom is 0.295 e. The first-order valence-electron chi connectivity index (χ1n) is 5.32. The molecule has 0 unspecified atom stereocenters. The summed E-state index contributed by atoms with van der Waals surface area (Å²) in [6.07, 6.45) is 3.18. The molecule has 0 heterocycles. The molecule has 0 radical (unpaired) electrons. The number of benzene rings is 1. The lowest BCUT2D eigenvalue weighted by atomic mass is 10.1. The van der Waals surface area contributed by atoms with Crippen molar-refractivity contribution in [2.24, 2.45) is 4.99 Å². The van der Waals surface area contributed by atoms with E-state index in [4.69, 9.17) is 4.74 Å². The van der Waals surface area contributed by atoms with Gasteiger partial charge in [0.15, 0.2) is 0 Å². The molecule has 0 aliphatic heterocycles. The van der Waals surface area contributed by atoms with Crippen LogP contribution in [0.1, 0.15) is 19.4 Å². The van der Waals surface area contributed by atoms with E-state index >= 15 is 0 Å². The smallest absolute Gasteiger partial charge is 0.295 e. The largest absolute Gasteiger partial charge is 0.492 e. The first kappa shape index (κ1) is 14.4. The molecule has 98 valence electrons. The molecule has 0 amide bonds. The van der Waals surface area contributed by atoms with Crippen LogP contribution in [-0.2, 0) is 10.1 Å². The zero-order valence-corrected chi connectivity index (χ0v) is 11.1. The molecule has 0 bridgehead atoms. The predicted molar refractivity (Wildman–Crippen MR) is 71.3 cm³/mol. The summed E-state index contributed by atoms with van der Waals surface area (Å²) < 4.78 is 37.1. The minimum absolute atomic E-state index is 0.216. The van der Waals surface area contributed by atoms with Crippen molar-refractivity contribution < 1.29 is 17.7 Å². The predicted octanol–water partition coefficient (Wildman–Crippen LogP) is 2.70. The van der Waals surface area contributed by atoms with Crippen LogP contribution in [0.5, 0.6) is 5.75 Å². The summed E-state index contributed by atoms with van der Waals surface area (Å²) in [5, 5.41) is 0. The number of ether oxygens (including phenoxy) is 1. The van der Waals surface area contributed by atoms with Crippen molar-refractivity contribution in [1.29, 1.82) is 0 Å². The highest BCUT2D eigenvalue weighted by molar-refractivity contribution is 7.86. The summed E-state index contributed by atoms with van der Waals surface area (Å²) >= 11 is 0. The van der Waals surface area contributed by atoms with Crippen LogP contribution in [0.25, 0.3) is 6.08 Å². The molecule has 0 atom stereocenters. The van der Waals surface area contributed by atoms with Crippen LogP contribution >= 0.6 is 0 Å². The number of hydrogen-bond acceptors (Lipinski definition) is 4. The summed E-state index contributed by atoms with van der Waals surface area (Å²) in [5.41, 5.74) is 0.561. The van der Waals surface area contributed by atoms with E-state index in [0.29, 0.717) is 18.0 Å². The Hall–Kier alpha value is -1.66. The van der Waals surface area contributed by atoms with Crippen LogP contribution in [0.4, 0.5) is 5.69 Å². The third-order valence-electron chi connectivity index (χ3n) is 2.21. The summed E-state index contributed by atoms with van der Waals surface area (Å²) in [6, 6.07) is 2.73. The van der Waals surface area contributed by atoms with Gasteiger partial charge in [-0.2, -0.15) is 8.42 Å². The third-order valence-corrected chi connectivity index (χ3v) is 3.12. The highest BCUT2D eigenvalue weighted by Gasteiger charge is 2.19. The summed E-state index contributed by atoms with van der Waals surface area (Å²) in [6.45, 7) is 7.35. The Balaban J connectivity index is 3.63. The average molecular weight is 269 g/mol. The molecule has 0 aliphatic carbocycles. The number of hydrogen-bond donors (Lipinski definition) is 1. The molecule has 0 aliphatic rings. The van der Waals surface area contributed by atoms with Crippen LogP contribution < -0.4 is 4.74 Å². The Bertz CT molecular complexity index is 576. The van der Waals surface area contributed by atoms with Crippen LogP contribution in [0, 0.1) is 0 Å². The van der Waals surface area contributed by atoms with E-state index in [1.165, 1.54) is 18.2 Å². The van der Waals surface area contributed by atoms with E-state index in [-0.39, 0.29) is 10.5 Å². The minimum Gasteiger partial charge on any atom is -0.492 e. The minimum atomic E-state index is -4.31. The monoisotopic (exact) mass is 269 g/mol. The fourth-order valence-corrected chi connectivity index (χ4v) is 2.24. The van der Waals surface area contributed by atoms with Gasteiger partial charge in [0.05, 0.1) is 6.61 Å². The van der Waals surface area contributed by atoms with Crippen molar-refractivity contribution in [3.05, 3.63) is 23.8 Å². The number of aliphatic imine (C=N–C) groups is 1. The van der Waals surface area contributed by atoms with Gasteiger partial charge in [-0.3, -0.25) is 9.55 Å². The molecule has 5 nitrogen and oxygen atoms in total. The van der Waals surface area contributed by atoms with Crippen molar-refractivity contribution >= 4 is 28.6 Å². The fraction of sp³-hybridized carbons (Fsp3) is 0.250. The molecular formula is C12H15NO4S. The summed E-state index contributed by atoms with van der Waals surface area (Å²) in [5.74, 6) is 0.424. The first-order chi connectivity index (χ1) is 8.45. The Morgan fingerprint density at radius 3 is 2.61 bits per heavy atom. The van der Waals surface area contributed by atoms with E-state index in [1.807, 2.05) is 0 Å². The van der Waals surface area contributed by atoms with Crippen molar-refractivity contribution in [3.8, 4) is 5.75 Å². The Morgan fingerprint density at radius 1 is 1.50 bits per heavy atom. The number of nitrogens with zero attached hydrogens (tertiary/aromatic N) is 1. The van der Waals surface area contributed by atoms with Gasteiger partial charge in [0, 0.05) is 5.56 Å². The van der Waals surface area contributed by atoms with E-state index in [9.17, 15) is 13.0 Å². The van der Waals surface area contributed by atoms with Gasteiger partial charge in [0.1, 0.15) is 16.3 Å². The van der Waals surface area contributed by atoms with Crippen LogP contribution in [-0.4, -0.2) is 26.3 Å². The van der Waals surface area contributed by atoms with Crippen LogP contribution in [0.3, 0.4) is 0 Å². The highest BCUT2D eigenvalue weighted by Crippen LogP contribution is 2.36. The molecular weight excluding hydrogens is 254 g/mol. The van der Waals surface area contributed by atoms with Crippen LogP contribution in [0.2, 0.25) is 0 Å². The van der Waals surface area contributed by atoms with Crippen LogP contribution in [0.15, 0.2) is 28.1 Å². The van der Waals surface area contributed by atoms with E-state index in [2.05, 4.69) is 11.7 Å². The molecule has 0 spiro atoms. The van der Waals surface area contributed by atoms with Crippen molar-refractivity contribution in [2.45, 2.75) is 18.7 Å².